The number of halogens is 1. The maximum Gasteiger partial charge on any atom is 0.419 e. The van der Waals surface area contributed by atoms with Crippen molar-refractivity contribution in [2.75, 3.05) is 31.7 Å². The summed E-state index contributed by atoms with van der Waals surface area (Å²) in [5.74, 6) is 1.13. The third-order valence-corrected chi connectivity index (χ3v) is 7.91. The molecule has 232 valence electrons. The molecule has 0 aliphatic carbocycles. The van der Waals surface area contributed by atoms with Gasteiger partial charge in [-0.3, -0.25) is 4.79 Å². The van der Waals surface area contributed by atoms with Gasteiger partial charge in [-0.25, -0.2) is 19.1 Å². The van der Waals surface area contributed by atoms with Gasteiger partial charge in [-0.2, -0.15) is 0 Å². The molecule has 0 spiro atoms. The summed E-state index contributed by atoms with van der Waals surface area (Å²) in [6.45, 7) is 12.5. The number of anilines is 1. The van der Waals surface area contributed by atoms with Crippen LogP contribution in [0.2, 0.25) is 5.02 Å². The molecule has 11 nitrogen and oxygen atoms in total. The monoisotopic (exact) mass is 612 g/mol. The molecule has 12 heteroatoms. The third-order valence-electron chi connectivity index (χ3n) is 7.58. The Hall–Kier alpha value is -3.73. The quantitative estimate of drug-likeness (QED) is 0.359. The van der Waals surface area contributed by atoms with Gasteiger partial charge in [0, 0.05) is 49.2 Å². The first-order valence-corrected chi connectivity index (χ1v) is 15.0. The highest BCUT2D eigenvalue weighted by Gasteiger charge is 2.37. The van der Waals surface area contributed by atoms with E-state index in [1.807, 2.05) is 77.2 Å². The van der Waals surface area contributed by atoms with Gasteiger partial charge in [0.25, 0.3) is 5.91 Å². The number of hydrogen-bond donors (Lipinski definition) is 0. The second kappa shape index (κ2) is 11.1. The van der Waals surface area contributed by atoms with E-state index < -0.39 is 17.3 Å². The van der Waals surface area contributed by atoms with Gasteiger partial charge in [-0.15, -0.1) is 0 Å². The van der Waals surface area contributed by atoms with Crippen molar-refractivity contribution in [2.24, 2.45) is 7.05 Å². The molecule has 0 radical (unpaired) electrons. The smallest absolute Gasteiger partial charge is 0.419 e. The number of likely N-dealkylation sites (tertiary alicyclic amines) is 1. The summed E-state index contributed by atoms with van der Waals surface area (Å²) in [5.41, 5.74) is 0.389. The molecule has 3 aromatic rings. The van der Waals surface area contributed by atoms with Crippen molar-refractivity contribution in [3.8, 4) is 0 Å². The van der Waals surface area contributed by atoms with Gasteiger partial charge in [0.05, 0.1) is 18.7 Å². The lowest BCUT2D eigenvalue weighted by atomic mass is 9.97. The summed E-state index contributed by atoms with van der Waals surface area (Å²) in [6.07, 6.45) is 0.792. The van der Waals surface area contributed by atoms with Gasteiger partial charge in [-0.05, 0) is 72.6 Å². The van der Waals surface area contributed by atoms with E-state index in [9.17, 15) is 14.4 Å². The number of amides is 2. The van der Waals surface area contributed by atoms with Crippen LogP contribution >= 0.6 is 11.6 Å². The van der Waals surface area contributed by atoms with Gasteiger partial charge in [-0.1, -0.05) is 17.7 Å². The van der Waals surface area contributed by atoms with Crippen molar-refractivity contribution >= 4 is 46.4 Å². The number of rotatable bonds is 3. The van der Waals surface area contributed by atoms with E-state index in [-0.39, 0.29) is 31.1 Å². The topological polar surface area (TPSA) is 102 Å². The van der Waals surface area contributed by atoms with Crippen LogP contribution in [0.4, 0.5) is 15.4 Å². The van der Waals surface area contributed by atoms with Crippen LogP contribution in [0.3, 0.4) is 0 Å². The molecular formula is C31H41ClN6O5. The number of benzene rings is 1. The lowest BCUT2D eigenvalue weighted by Gasteiger charge is -2.34. The standard InChI is InChI=1S/C31H41ClN6O5/c1-30(2,3)42-28(40)36-14-10-11-19(16-36)25-33-26-24(35(25)8)27(39)37(18-34(26)7)17-20-15-21-22(32)12-9-13-23(21)38(20)29(41)43-31(4,5)6/h9,12-13,15,19H,10-11,14,16-18H2,1-8H3. The molecule has 1 aromatic carbocycles. The van der Waals surface area contributed by atoms with Crippen molar-refractivity contribution in [1.82, 2.24) is 23.9 Å². The maximum absolute atomic E-state index is 14.0. The largest absolute Gasteiger partial charge is 0.444 e. The zero-order chi connectivity index (χ0) is 31.4. The molecule has 43 heavy (non-hydrogen) atoms. The molecule has 0 bridgehead atoms. The van der Waals surface area contributed by atoms with Gasteiger partial charge in [0.2, 0.25) is 0 Å². The molecule has 1 unspecified atom stereocenters. The zero-order valence-corrected chi connectivity index (χ0v) is 27.0. The number of imidazole rings is 1. The Balaban J connectivity index is 1.44. The highest BCUT2D eigenvalue weighted by Crippen LogP contribution is 2.35. The van der Waals surface area contributed by atoms with Crippen LogP contribution in [0, 0.1) is 0 Å². The van der Waals surface area contributed by atoms with Crippen molar-refractivity contribution in [3.63, 3.8) is 0 Å². The van der Waals surface area contributed by atoms with Gasteiger partial charge in [0.15, 0.2) is 11.5 Å². The number of aromatic nitrogens is 3. The number of hydrogen-bond acceptors (Lipinski definition) is 7. The van der Waals surface area contributed by atoms with E-state index >= 15 is 0 Å². The number of piperidine rings is 1. The molecule has 2 aliphatic heterocycles. The summed E-state index contributed by atoms with van der Waals surface area (Å²) in [7, 11) is 3.74. The number of nitrogens with zero attached hydrogens (tertiary/aromatic N) is 6. The Bertz CT molecular complexity index is 1580. The second-order valence-corrected chi connectivity index (χ2v) is 13.8. The van der Waals surface area contributed by atoms with Crippen LogP contribution in [0.25, 0.3) is 10.9 Å². The summed E-state index contributed by atoms with van der Waals surface area (Å²) in [4.78, 5) is 50.4. The Kier molecular flexibility index (Phi) is 7.91. The summed E-state index contributed by atoms with van der Waals surface area (Å²) in [6, 6.07) is 7.21. The molecule has 0 N–H and O–H groups in total. The van der Waals surface area contributed by atoms with Crippen molar-refractivity contribution < 1.29 is 23.9 Å². The molecule has 2 aromatic heterocycles. The number of fused-ring (bicyclic) bond motifs is 2. The normalized spacial score (nSPS) is 17.8. The molecule has 2 amide bonds. The number of carbonyl (C=O) groups excluding carboxylic acids is 3. The van der Waals surface area contributed by atoms with E-state index in [0.29, 0.717) is 46.2 Å². The fraction of sp³-hybridized carbons (Fsp3) is 0.548. The molecule has 4 heterocycles. The fourth-order valence-electron chi connectivity index (χ4n) is 5.79. The van der Waals surface area contributed by atoms with E-state index in [1.165, 1.54) is 4.57 Å². The summed E-state index contributed by atoms with van der Waals surface area (Å²) in [5, 5.41) is 1.22. The van der Waals surface area contributed by atoms with Gasteiger partial charge >= 0.3 is 12.2 Å². The van der Waals surface area contributed by atoms with Crippen LogP contribution in [0.5, 0.6) is 0 Å². The average Bonchev–Trinajstić information content (AvgIpc) is 3.44. The Labute approximate surface area is 257 Å². The molecular weight excluding hydrogens is 572 g/mol. The van der Waals surface area contributed by atoms with E-state index in [4.69, 9.17) is 26.1 Å². The molecule has 0 saturated carbocycles. The molecule has 2 aliphatic rings. The number of ether oxygens (including phenoxy) is 2. The first-order chi connectivity index (χ1) is 20.0. The minimum atomic E-state index is -0.705. The van der Waals surface area contributed by atoms with Crippen LogP contribution in [-0.2, 0) is 23.1 Å². The predicted octanol–water partition coefficient (Wildman–Crippen LogP) is 5.98. The average molecular weight is 613 g/mol. The van der Waals surface area contributed by atoms with Crippen LogP contribution in [-0.4, -0.2) is 80.0 Å². The second-order valence-electron chi connectivity index (χ2n) is 13.4. The third kappa shape index (κ3) is 6.18. The predicted molar refractivity (Wildman–Crippen MR) is 165 cm³/mol. The molecule has 5 rings (SSSR count). The Morgan fingerprint density at radius 2 is 1.72 bits per heavy atom. The highest BCUT2D eigenvalue weighted by molar-refractivity contribution is 6.35. The van der Waals surface area contributed by atoms with Crippen molar-refractivity contribution in [2.45, 2.75) is 78.0 Å². The van der Waals surface area contributed by atoms with E-state index in [2.05, 4.69) is 0 Å². The molecule has 1 atom stereocenters. The summed E-state index contributed by atoms with van der Waals surface area (Å²) >= 11 is 6.50. The number of carbonyl (C=O) groups is 3. The van der Waals surface area contributed by atoms with Crippen LogP contribution in [0.1, 0.15) is 82.3 Å². The van der Waals surface area contributed by atoms with E-state index in [1.54, 1.807) is 21.9 Å². The minimum Gasteiger partial charge on any atom is -0.444 e. The van der Waals surface area contributed by atoms with Crippen molar-refractivity contribution in [3.05, 3.63) is 46.5 Å². The lowest BCUT2D eigenvalue weighted by Crippen LogP contribution is -2.45. The fourth-order valence-corrected chi connectivity index (χ4v) is 6.02. The van der Waals surface area contributed by atoms with Crippen LogP contribution < -0.4 is 4.90 Å². The Morgan fingerprint density at radius 3 is 2.40 bits per heavy atom. The van der Waals surface area contributed by atoms with E-state index in [0.717, 1.165) is 18.7 Å². The lowest BCUT2D eigenvalue weighted by molar-refractivity contribution is 0.0194. The molecule has 1 fully saturated rings. The SMILES string of the molecule is CN1CN(Cc2cc3c(Cl)cccc3n2C(=O)OC(C)(C)C)C(=O)c2c1nc(C1CCCN(C(=O)OC(C)(C)C)C1)n2C. The van der Waals surface area contributed by atoms with Crippen molar-refractivity contribution in [1.29, 1.82) is 0 Å². The van der Waals surface area contributed by atoms with Gasteiger partial charge in [0.1, 0.15) is 17.0 Å². The zero-order valence-electron chi connectivity index (χ0n) is 26.2. The molecule has 1 saturated heterocycles. The Morgan fingerprint density at radius 1 is 1.05 bits per heavy atom. The summed E-state index contributed by atoms with van der Waals surface area (Å²) < 4.78 is 14.7. The first-order valence-electron chi connectivity index (χ1n) is 14.6. The van der Waals surface area contributed by atoms with Gasteiger partial charge < -0.3 is 28.7 Å². The first kappa shape index (κ1) is 30.7. The maximum atomic E-state index is 14.0. The minimum absolute atomic E-state index is 0.0386. The highest BCUT2D eigenvalue weighted by atomic mass is 35.5. The van der Waals surface area contributed by atoms with Crippen LogP contribution in [0.15, 0.2) is 24.3 Å².